The Bertz CT molecular complexity index is 417. The van der Waals surface area contributed by atoms with Gasteiger partial charge in [-0.15, -0.1) is 24.8 Å². The van der Waals surface area contributed by atoms with Crippen molar-refractivity contribution in [2.24, 2.45) is 0 Å². The van der Waals surface area contributed by atoms with Gasteiger partial charge in [0.25, 0.3) is 0 Å². The molecular weight excluding hydrogens is 358 g/mol. The molecule has 0 radical (unpaired) electrons. The molecule has 1 fully saturated rings. The number of hydrogen-bond acceptors (Lipinski definition) is 3. The van der Waals surface area contributed by atoms with Gasteiger partial charge >= 0.3 is 0 Å². The first-order valence-corrected chi connectivity index (χ1v) is 6.52. The summed E-state index contributed by atoms with van der Waals surface area (Å²) in [6, 6.07) is 2.92. The maximum absolute atomic E-state index is 13.4. The first kappa shape index (κ1) is 18.9. The maximum atomic E-state index is 13.4. The van der Waals surface area contributed by atoms with Crippen molar-refractivity contribution in [3.8, 4) is 5.75 Å². The van der Waals surface area contributed by atoms with Crippen LogP contribution in [0.1, 0.15) is 18.5 Å². The monoisotopic (exact) mass is 374 g/mol. The van der Waals surface area contributed by atoms with E-state index in [1.165, 1.54) is 6.07 Å². The Morgan fingerprint density at radius 2 is 1.89 bits per heavy atom. The average Bonchev–Trinajstić information content (AvgIpc) is 2.35. The Hall–Kier alpha value is -0.0700. The predicted octanol–water partition coefficient (Wildman–Crippen LogP) is 3.10. The van der Waals surface area contributed by atoms with Gasteiger partial charge in [0.05, 0.1) is 0 Å². The molecule has 2 rings (SSSR count). The van der Waals surface area contributed by atoms with Gasteiger partial charge in [-0.1, -0.05) is 15.9 Å². The molecule has 0 aliphatic carbocycles. The molecule has 19 heavy (non-hydrogen) atoms. The summed E-state index contributed by atoms with van der Waals surface area (Å²) in [6.45, 7) is 5.66. The van der Waals surface area contributed by atoms with E-state index in [-0.39, 0.29) is 36.6 Å². The third-order valence-electron chi connectivity index (χ3n) is 3.23. The molecule has 0 saturated carbocycles. The van der Waals surface area contributed by atoms with Crippen LogP contribution in [0.4, 0.5) is 4.39 Å². The summed E-state index contributed by atoms with van der Waals surface area (Å²) < 4.78 is 14.1. The van der Waals surface area contributed by atoms with E-state index in [0.29, 0.717) is 5.56 Å². The van der Waals surface area contributed by atoms with Gasteiger partial charge in [0.1, 0.15) is 0 Å². The molecule has 1 aliphatic rings. The van der Waals surface area contributed by atoms with Crippen molar-refractivity contribution < 1.29 is 9.50 Å². The summed E-state index contributed by atoms with van der Waals surface area (Å²) in [6.07, 6.45) is 0. The molecule has 0 spiro atoms. The summed E-state index contributed by atoms with van der Waals surface area (Å²) in [5.41, 5.74) is 0.631. The lowest BCUT2D eigenvalue weighted by Gasteiger charge is -2.33. The first-order valence-electron chi connectivity index (χ1n) is 5.73. The Labute approximate surface area is 133 Å². The maximum Gasteiger partial charge on any atom is 0.165 e. The summed E-state index contributed by atoms with van der Waals surface area (Å²) in [5.74, 6) is -0.810. The fraction of sp³-hybridized carbons (Fsp3) is 0.500. The summed E-state index contributed by atoms with van der Waals surface area (Å²) in [4.78, 5) is 2.23. The van der Waals surface area contributed by atoms with Crippen molar-refractivity contribution in [3.05, 3.63) is 28.0 Å². The molecule has 2 N–H and O–H groups in total. The van der Waals surface area contributed by atoms with E-state index in [4.69, 9.17) is 0 Å². The standard InChI is InChI=1S/C12H16BrFN2O.2ClH/c1-8(16-6-4-15-5-7-16)11-9(13)2-3-10(14)12(11)17;;/h2-3,8,15,17H,4-7H2,1H3;2*1H/t8-;;/m0../s1. The van der Waals surface area contributed by atoms with E-state index >= 15 is 0 Å². The van der Waals surface area contributed by atoms with E-state index in [2.05, 4.69) is 26.1 Å². The van der Waals surface area contributed by atoms with Crippen LogP contribution < -0.4 is 5.32 Å². The third-order valence-corrected chi connectivity index (χ3v) is 3.92. The second-order valence-corrected chi connectivity index (χ2v) is 5.11. The van der Waals surface area contributed by atoms with Gasteiger partial charge in [-0.05, 0) is 19.1 Å². The van der Waals surface area contributed by atoms with Crippen LogP contribution in [0.15, 0.2) is 16.6 Å². The molecule has 1 heterocycles. The Kier molecular flexibility index (Phi) is 8.24. The molecule has 1 saturated heterocycles. The quantitative estimate of drug-likeness (QED) is 0.833. The van der Waals surface area contributed by atoms with Crippen LogP contribution in [0, 0.1) is 5.82 Å². The lowest BCUT2D eigenvalue weighted by atomic mass is 10.0. The number of piperazine rings is 1. The van der Waals surface area contributed by atoms with Crippen molar-refractivity contribution >= 4 is 40.7 Å². The minimum Gasteiger partial charge on any atom is -0.505 e. The lowest BCUT2D eigenvalue weighted by molar-refractivity contribution is 0.181. The van der Waals surface area contributed by atoms with Gasteiger partial charge in [-0.2, -0.15) is 0 Å². The van der Waals surface area contributed by atoms with Crippen molar-refractivity contribution in [3.63, 3.8) is 0 Å². The van der Waals surface area contributed by atoms with E-state index < -0.39 is 5.82 Å². The zero-order chi connectivity index (χ0) is 12.4. The predicted molar refractivity (Wildman–Crippen MR) is 83.1 cm³/mol. The molecule has 1 aliphatic heterocycles. The van der Waals surface area contributed by atoms with E-state index in [0.717, 1.165) is 30.7 Å². The molecule has 0 amide bonds. The average molecular weight is 376 g/mol. The van der Waals surface area contributed by atoms with Crippen molar-refractivity contribution in [1.82, 2.24) is 10.2 Å². The third kappa shape index (κ3) is 4.20. The fourth-order valence-electron chi connectivity index (χ4n) is 2.21. The van der Waals surface area contributed by atoms with Crippen LogP contribution in [0.25, 0.3) is 0 Å². The number of phenolic OH excluding ortho intramolecular Hbond substituents is 1. The Balaban J connectivity index is 0.00000162. The Morgan fingerprint density at radius 3 is 2.47 bits per heavy atom. The fourth-order valence-corrected chi connectivity index (χ4v) is 2.86. The largest absolute Gasteiger partial charge is 0.505 e. The van der Waals surface area contributed by atoms with E-state index in [1.807, 2.05) is 6.92 Å². The highest BCUT2D eigenvalue weighted by Gasteiger charge is 2.23. The van der Waals surface area contributed by atoms with E-state index in [9.17, 15) is 9.50 Å². The van der Waals surface area contributed by atoms with Crippen molar-refractivity contribution in [2.45, 2.75) is 13.0 Å². The van der Waals surface area contributed by atoms with Gasteiger partial charge in [0.2, 0.25) is 0 Å². The van der Waals surface area contributed by atoms with Gasteiger partial charge in [0.15, 0.2) is 11.6 Å². The van der Waals surface area contributed by atoms with Crippen molar-refractivity contribution in [1.29, 1.82) is 0 Å². The highest BCUT2D eigenvalue weighted by molar-refractivity contribution is 9.10. The number of nitrogens with one attached hydrogen (secondary N) is 1. The topological polar surface area (TPSA) is 35.5 Å². The smallest absolute Gasteiger partial charge is 0.165 e. The molecule has 0 aromatic heterocycles. The molecule has 1 aromatic carbocycles. The summed E-state index contributed by atoms with van der Waals surface area (Å²) in [5, 5.41) is 13.1. The van der Waals surface area contributed by atoms with Crippen LogP contribution in [0.2, 0.25) is 0 Å². The van der Waals surface area contributed by atoms with Gasteiger partial charge in [-0.25, -0.2) is 4.39 Å². The summed E-state index contributed by atoms with van der Waals surface area (Å²) >= 11 is 3.38. The Morgan fingerprint density at radius 1 is 1.32 bits per heavy atom. The molecule has 7 heteroatoms. The highest BCUT2D eigenvalue weighted by atomic mass is 79.9. The van der Waals surface area contributed by atoms with Crippen LogP contribution in [0.5, 0.6) is 5.75 Å². The number of phenols is 1. The zero-order valence-electron chi connectivity index (χ0n) is 10.5. The molecule has 110 valence electrons. The lowest BCUT2D eigenvalue weighted by Crippen LogP contribution is -2.44. The van der Waals surface area contributed by atoms with Crippen LogP contribution in [0.3, 0.4) is 0 Å². The van der Waals surface area contributed by atoms with Gasteiger partial charge in [-0.3, -0.25) is 4.90 Å². The highest BCUT2D eigenvalue weighted by Crippen LogP contribution is 2.36. The zero-order valence-corrected chi connectivity index (χ0v) is 13.7. The van der Waals surface area contributed by atoms with E-state index in [1.54, 1.807) is 6.07 Å². The van der Waals surface area contributed by atoms with Crippen LogP contribution >= 0.6 is 40.7 Å². The molecular formula is C12H18BrCl2FN2O. The number of benzene rings is 1. The summed E-state index contributed by atoms with van der Waals surface area (Å²) in [7, 11) is 0. The van der Waals surface area contributed by atoms with Crippen LogP contribution in [-0.2, 0) is 0 Å². The number of halogens is 4. The molecule has 3 nitrogen and oxygen atoms in total. The first-order chi connectivity index (χ1) is 8.11. The van der Waals surface area contributed by atoms with Gasteiger partial charge in [0, 0.05) is 42.3 Å². The second kappa shape index (κ2) is 8.27. The van der Waals surface area contributed by atoms with Crippen molar-refractivity contribution in [2.75, 3.05) is 26.2 Å². The molecule has 1 atom stereocenters. The number of rotatable bonds is 2. The normalized spacial score (nSPS) is 17.2. The number of nitrogens with zero attached hydrogens (tertiary/aromatic N) is 1. The number of aromatic hydroxyl groups is 1. The number of hydrogen-bond donors (Lipinski definition) is 2. The second-order valence-electron chi connectivity index (χ2n) is 4.25. The van der Waals surface area contributed by atoms with Gasteiger partial charge < -0.3 is 10.4 Å². The molecule has 0 unspecified atom stereocenters. The SMILES string of the molecule is C[C@@H](c1c(Br)ccc(F)c1O)N1CCNCC1.Cl.Cl. The molecule has 1 aromatic rings. The minimum absolute atomic E-state index is 0. The van der Waals surface area contributed by atoms with Crippen LogP contribution in [-0.4, -0.2) is 36.2 Å². The molecule has 0 bridgehead atoms. The minimum atomic E-state index is -0.565.